The number of benzene rings is 3. The molecule has 0 saturated carbocycles. The summed E-state index contributed by atoms with van der Waals surface area (Å²) in [5, 5.41) is 9.45. The summed E-state index contributed by atoms with van der Waals surface area (Å²) in [4.78, 5) is 55.6. The molecule has 0 radical (unpaired) electrons. The molecule has 2 fully saturated rings. The Hall–Kier alpha value is -5.69. The summed E-state index contributed by atoms with van der Waals surface area (Å²) in [7, 11) is -4.14. The maximum Gasteiger partial charge on any atom is 0.343 e. The van der Waals surface area contributed by atoms with Crippen molar-refractivity contribution in [3.63, 3.8) is 0 Å². The topological polar surface area (TPSA) is 163 Å². The number of non-ortho nitro benzene ring substituents is 1. The number of pyridine rings is 1. The second kappa shape index (κ2) is 11.9. The highest BCUT2D eigenvalue weighted by atomic mass is 32.2. The first-order valence-electron chi connectivity index (χ1n) is 14.4. The van der Waals surface area contributed by atoms with Gasteiger partial charge in [-0.15, -0.1) is 0 Å². The highest BCUT2D eigenvalue weighted by molar-refractivity contribution is 7.94. The molecule has 0 bridgehead atoms. The zero-order valence-electron chi connectivity index (χ0n) is 25.0. The largest absolute Gasteiger partial charge is 0.451 e. The Kier molecular flexibility index (Phi) is 7.93. The number of nitro groups is 1. The van der Waals surface area contributed by atoms with Crippen LogP contribution in [0.15, 0.2) is 109 Å². The van der Waals surface area contributed by atoms with Crippen molar-refractivity contribution in [3.8, 4) is 5.75 Å². The summed E-state index contributed by atoms with van der Waals surface area (Å²) in [5.41, 5.74) is 1.22. The third-order valence-electron chi connectivity index (χ3n) is 8.20. The Morgan fingerprint density at radius 3 is 2.13 bits per heavy atom. The lowest BCUT2D eigenvalue weighted by atomic mass is 9.94. The van der Waals surface area contributed by atoms with Crippen LogP contribution in [-0.4, -0.2) is 57.2 Å². The molecule has 2 aliphatic heterocycles. The van der Waals surface area contributed by atoms with Crippen LogP contribution in [-0.2, 0) is 24.2 Å². The van der Waals surface area contributed by atoms with Gasteiger partial charge in [0.15, 0.2) is 27.4 Å². The number of nitro benzene ring substituents is 1. The van der Waals surface area contributed by atoms with Crippen LogP contribution < -0.4 is 4.74 Å². The zero-order valence-corrected chi connectivity index (χ0v) is 25.9. The van der Waals surface area contributed by atoms with Gasteiger partial charge in [-0.1, -0.05) is 60.7 Å². The minimum absolute atomic E-state index is 0.0396. The van der Waals surface area contributed by atoms with E-state index in [9.17, 15) is 32.9 Å². The fraction of sp³-hybridized carbons (Fsp3) is 0.176. The Labute approximate surface area is 269 Å². The van der Waals surface area contributed by atoms with E-state index in [-0.39, 0.29) is 28.3 Å². The average molecular weight is 654 g/mol. The summed E-state index contributed by atoms with van der Waals surface area (Å²) in [6.45, 7) is 2.79. The molecule has 0 N–H and O–H groups in total. The van der Waals surface area contributed by atoms with Gasteiger partial charge >= 0.3 is 11.9 Å². The average Bonchev–Trinajstić information content (AvgIpc) is 3.21. The van der Waals surface area contributed by atoms with E-state index in [2.05, 4.69) is 4.98 Å². The van der Waals surface area contributed by atoms with E-state index in [1.165, 1.54) is 62.5 Å². The number of hydrogen-bond donors (Lipinski definition) is 0. The number of sulfone groups is 1. The molecular formula is C34H27N3O9S. The lowest BCUT2D eigenvalue weighted by Gasteiger charge is -2.38. The van der Waals surface area contributed by atoms with Crippen molar-refractivity contribution in [2.24, 2.45) is 0 Å². The Morgan fingerprint density at radius 1 is 0.957 bits per heavy atom. The SMILES string of the molecule is CC1(C)[C@H](C(=O)OC(c2ccccc2)c2ccccc2)N2C(=O)/C(=C/c3cc(C(=O)Oc4ccc([N+](=O)[O-])cc4)ccn3)[C@H]2S1(=O)=O. The first kappa shape index (κ1) is 31.3. The molecule has 13 heteroatoms. The van der Waals surface area contributed by atoms with E-state index in [0.29, 0.717) is 11.1 Å². The molecule has 238 valence electrons. The fourth-order valence-corrected chi connectivity index (χ4v) is 7.82. The number of hydrogen-bond acceptors (Lipinski definition) is 10. The van der Waals surface area contributed by atoms with Crippen LogP contribution in [0.3, 0.4) is 0 Å². The number of esters is 2. The van der Waals surface area contributed by atoms with Crippen LogP contribution in [0.25, 0.3) is 6.08 Å². The van der Waals surface area contributed by atoms with Crippen molar-refractivity contribution >= 4 is 39.4 Å². The van der Waals surface area contributed by atoms with E-state index < -0.39 is 54.9 Å². The van der Waals surface area contributed by atoms with E-state index in [0.717, 1.165) is 4.90 Å². The molecule has 6 rings (SSSR count). The first-order chi connectivity index (χ1) is 22.4. The van der Waals surface area contributed by atoms with Gasteiger partial charge in [-0.25, -0.2) is 18.0 Å². The predicted octanol–water partition coefficient (Wildman–Crippen LogP) is 4.67. The van der Waals surface area contributed by atoms with Crippen LogP contribution >= 0.6 is 0 Å². The summed E-state index contributed by atoms with van der Waals surface area (Å²) < 4.78 is 37.2. The Balaban J connectivity index is 1.25. The highest BCUT2D eigenvalue weighted by Crippen LogP contribution is 2.49. The molecule has 2 atom stereocenters. The van der Waals surface area contributed by atoms with Crippen LogP contribution in [0.4, 0.5) is 5.69 Å². The molecule has 12 nitrogen and oxygen atoms in total. The molecule has 47 heavy (non-hydrogen) atoms. The minimum Gasteiger partial charge on any atom is -0.451 e. The molecule has 4 aromatic rings. The normalized spacial score (nSPS) is 19.9. The van der Waals surface area contributed by atoms with Gasteiger partial charge in [-0.2, -0.15) is 0 Å². The van der Waals surface area contributed by atoms with Crippen LogP contribution in [0.2, 0.25) is 0 Å². The molecule has 2 saturated heterocycles. The molecule has 1 amide bonds. The van der Waals surface area contributed by atoms with Crippen LogP contribution in [0.5, 0.6) is 5.75 Å². The van der Waals surface area contributed by atoms with E-state index in [1.807, 2.05) is 12.1 Å². The van der Waals surface area contributed by atoms with Crippen LogP contribution in [0.1, 0.15) is 47.1 Å². The Bertz CT molecular complexity index is 1990. The number of amides is 1. The number of β-lactam (4-membered cyclic amide) rings is 1. The number of fused-ring (bicyclic) bond motifs is 1. The second-order valence-electron chi connectivity index (χ2n) is 11.5. The minimum atomic E-state index is -4.14. The van der Waals surface area contributed by atoms with Crippen molar-refractivity contribution < 1.29 is 37.2 Å². The van der Waals surface area contributed by atoms with Gasteiger partial charge in [0.25, 0.3) is 11.6 Å². The van der Waals surface area contributed by atoms with Crippen molar-refractivity contribution in [1.29, 1.82) is 0 Å². The van der Waals surface area contributed by atoms with Crippen molar-refractivity contribution in [2.75, 3.05) is 0 Å². The van der Waals surface area contributed by atoms with E-state index >= 15 is 0 Å². The maximum atomic E-state index is 13.8. The number of carbonyl (C=O) groups excluding carboxylic acids is 3. The second-order valence-corrected chi connectivity index (χ2v) is 14.1. The lowest BCUT2D eigenvalue weighted by molar-refractivity contribution is -0.384. The number of rotatable bonds is 8. The number of nitrogens with zero attached hydrogens (tertiary/aromatic N) is 3. The first-order valence-corrected chi connectivity index (χ1v) is 16.0. The summed E-state index contributed by atoms with van der Waals surface area (Å²) >= 11 is 0. The zero-order chi connectivity index (χ0) is 33.5. The number of aromatic nitrogens is 1. The van der Waals surface area contributed by atoms with Gasteiger partial charge in [0.2, 0.25) is 0 Å². The fourth-order valence-electron chi connectivity index (χ4n) is 5.70. The predicted molar refractivity (Wildman–Crippen MR) is 169 cm³/mol. The molecule has 1 aromatic heterocycles. The Morgan fingerprint density at radius 2 is 1.55 bits per heavy atom. The molecule has 3 aromatic carbocycles. The maximum absolute atomic E-state index is 13.8. The quantitative estimate of drug-likeness (QED) is 0.0652. The van der Waals surface area contributed by atoms with Gasteiger partial charge in [0.1, 0.15) is 10.5 Å². The van der Waals surface area contributed by atoms with Crippen molar-refractivity contribution in [1.82, 2.24) is 9.88 Å². The molecule has 3 heterocycles. The van der Waals surface area contributed by atoms with Crippen LogP contribution in [0, 0.1) is 10.1 Å². The van der Waals surface area contributed by atoms with Gasteiger partial charge in [-0.3, -0.25) is 19.9 Å². The lowest BCUT2D eigenvalue weighted by Crippen LogP contribution is -2.59. The smallest absolute Gasteiger partial charge is 0.343 e. The summed E-state index contributed by atoms with van der Waals surface area (Å²) in [6, 6.07) is 24.2. The number of carbonyl (C=O) groups is 3. The molecule has 2 aliphatic rings. The van der Waals surface area contributed by atoms with Gasteiger partial charge in [0.05, 0.1) is 21.8 Å². The van der Waals surface area contributed by atoms with Gasteiger partial charge < -0.3 is 14.4 Å². The number of ether oxygens (including phenoxy) is 2. The third kappa shape index (κ3) is 5.54. The van der Waals surface area contributed by atoms with Crippen molar-refractivity contribution in [2.45, 2.75) is 36.1 Å². The highest BCUT2D eigenvalue weighted by Gasteiger charge is 2.70. The van der Waals surface area contributed by atoms with E-state index in [4.69, 9.17) is 9.47 Å². The molecule has 0 aliphatic carbocycles. The molecular weight excluding hydrogens is 626 g/mol. The molecule has 0 unspecified atom stereocenters. The van der Waals surface area contributed by atoms with Crippen molar-refractivity contribution in [3.05, 3.63) is 141 Å². The summed E-state index contributed by atoms with van der Waals surface area (Å²) in [5.74, 6) is -2.27. The summed E-state index contributed by atoms with van der Waals surface area (Å²) in [6.07, 6.45) is 1.72. The van der Waals surface area contributed by atoms with E-state index in [1.54, 1.807) is 48.5 Å². The van der Waals surface area contributed by atoms with Gasteiger partial charge in [-0.05, 0) is 55.3 Å². The third-order valence-corrected chi connectivity index (χ3v) is 11.0. The molecule has 0 spiro atoms. The monoisotopic (exact) mass is 653 g/mol. The standard InChI is InChI=1S/C34H27N3O9S/c1-34(2)29(33(40)46-28(21-9-5-3-6-10-21)22-11-7-4-8-12-22)36-30(38)27(31(36)47(34,43)44)20-24-19-23(17-18-35-24)32(39)45-26-15-13-25(14-16-26)37(41)42/h3-20,28-29,31H,1-2H3/b27-20-/t29-,31+/m0/s1. The van der Waals surface area contributed by atoms with Gasteiger partial charge in [0, 0.05) is 18.3 Å².